The van der Waals surface area contributed by atoms with Crippen molar-refractivity contribution in [1.82, 2.24) is 14.8 Å². The summed E-state index contributed by atoms with van der Waals surface area (Å²) in [6.45, 7) is 1.54. The van der Waals surface area contributed by atoms with E-state index in [9.17, 15) is 22.8 Å². The van der Waals surface area contributed by atoms with Gasteiger partial charge in [-0.3, -0.25) is 4.79 Å². The molecule has 1 aliphatic rings. The lowest BCUT2D eigenvalue weighted by atomic mass is 9.81. The lowest BCUT2D eigenvalue weighted by molar-refractivity contribution is -0.140. The minimum absolute atomic E-state index is 0.0489. The van der Waals surface area contributed by atoms with Gasteiger partial charge in [0.25, 0.3) is 7.41 Å². The van der Waals surface area contributed by atoms with Crippen LogP contribution in [0.1, 0.15) is 45.3 Å². The second-order valence-corrected chi connectivity index (χ2v) is 8.56. The summed E-state index contributed by atoms with van der Waals surface area (Å²) in [5, 5.41) is 0. The molecule has 0 aliphatic carbocycles. The first-order chi connectivity index (χ1) is 17.8. The number of carbonyl (C=O) groups excluding carboxylic acids is 2. The molecule has 0 atom stereocenters. The molecule has 4 rings (SSSR count). The molecule has 1 saturated heterocycles. The van der Waals surface area contributed by atoms with Crippen molar-refractivity contribution in [3.05, 3.63) is 94.1 Å². The second kappa shape index (κ2) is 11.4. The van der Waals surface area contributed by atoms with E-state index in [0.717, 1.165) is 36.6 Å². The summed E-state index contributed by atoms with van der Waals surface area (Å²) in [4.78, 5) is 32.2. The SMILES string of the molecule is COC(=O)Cc1ccccc1C#Cc1nc(Cc2ccc(C3CN([B]C=O)C3)cc2)ncc1C(F)(F)F. The number of benzene rings is 2. The monoisotopic (exact) mass is 504 g/mol. The largest absolute Gasteiger partial charge is 0.469 e. The summed E-state index contributed by atoms with van der Waals surface area (Å²) in [5.41, 5.74) is 1.49. The fourth-order valence-corrected chi connectivity index (χ4v) is 3.98. The summed E-state index contributed by atoms with van der Waals surface area (Å²) in [5.74, 6) is 5.34. The molecule has 1 aliphatic heterocycles. The van der Waals surface area contributed by atoms with E-state index < -0.39 is 23.4 Å². The van der Waals surface area contributed by atoms with Crippen molar-refractivity contribution in [2.45, 2.75) is 24.9 Å². The zero-order valence-corrected chi connectivity index (χ0v) is 20.0. The molecule has 10 heteroatoms. The fraction of sp³-hybridized carbons (Fsp3) is 0.259. The van der Waals surface area contributed by atoms with Gasteiger partial charge in [-0.2, -0.15) is 13.2 Å². The summed E-state index contributed by atoms with van der Waals surface area (Å²) in [6.07, 6.45) is -2.96. The normalized spacial score (nSPS) is 13.7. The number of alkyl halides is 3. The van der Waals surface area contributed by atoms with Gasteiger partial charge in [0, 0.05) is 24.1 Å². The van der Waals surface area contributed by atoms with Crippen LogP contribution < -0.4 is 0 Å². The number of ether oxygens (including phenoxy) is 1. The van der Waals surface area contributed by atoms with Crippen LogP contribution >= 0.6 is 0 Å². The Hall–Kier alpha value is -3.97. The molecule has 0 amide bonds. The van der Waals surface area contributed by atoms with E-state index in [1.165, 1.54) is 14.5 Å². The van der Waals surface area contributed by atoms with Gasteiger partial charge in [-0.25, -0.2) is 9.97 Å². The van der Waals surface area contributed by atoms with E-state index in [1.54, 1.807) is 24.3 Å². The van der Waals surface area contributed by atoms with Crippen LogP contribution in [0.5, 0.6) is 0 Å². The van der Waals surface area contributed by atoms with Crippen molar-refractivity contribution >= 4 is 19.6 Å². The van der Waals surface area contributed by atoms with Gasteiger partial charge in [-0.15, -0.1) is 0 Å². The van der Waals surface area contributed by atoms with Gasteiger partial charge in [0.15, 0.2) is 0 Å². The topological polar surface area (TPSA) is 72.4 Å². The van der Waals surface area contributed by atoms with Gasteiger partial charge in [-0.1, -0.05) is 48.4 Å². The van der Waals surface area contributed by atoms with Crippen molar-refractivity contribution in [3.8, 4) is 11.8 Å². The van der Waals surface area contributed by atoms with Crippen LogP contribution in [-0.2, 0) is 33.3 Å². The Morgan fingerprint density at radius 1 is 1.16 bits per heavy atom. The highest BCUT2D eigenvalue weighted by molar-refractivity contribution is 6.64. The molecule has 0 unspecified atom stereocenters. The van der Waals surface area contributed by atoms with E-state index in [0.29, 0.717) is 17.0 Å². The Morgan fingerprint density at radius 2 is 1.89 bits per heavy atom. The molecule has 1 fully saturated rings. The standard InChI is InChI=1S/C27H22BF3N3O3/c1-37-26(36)13-21-5-3-2-4-19(21)10-11-24-23(27(29,30)31)14-32-25(33-24)12-18-6-8-20(9-7-18)22-15-34(16-22)28-17-35/h2-9,14,17,22H,12-13,15-16H2,1H3. The third kappa shape index (κ3) is 6.63. The number of nitrogens with zero attached hydrogens (tertiary/aromatic N) is 3. The quantitative estimate of drug-likeness (QED) is 0.213. The third-order valence-electron chi connectivity index (χ3n) is 6.03. The lowest BCUT2D eigenvalue weighted by Gasteiger charge is -2.38. The maximum atomic E-state index is 13.6. The minimum Gasteiger partial charge on any atom is -0.469 e. The number of halogens is 3. The summed E-state index contributed by atoms with van der Waals surface area (Å²) in [6, 6.07) is 14.4. The molecule has 37 heavy (non-hydrogen) atoms. The van der Waals surface area contributed by atoms with Gasteiger partial charge in [0.05, 0.1) is 19.7 Å². The van der Waals surface area contributed by atoms with E-state index >= 15 is 0 Å². The molecule has 187 valence electrons. The molecular weight excluding hydrogens is 482 g/mol. The molecule has 0 bridgehead atoms. The highest BCUT2D eigenvalue weighted by atomic mass is 19.4. The third-order valence-corrected chi connectivity index (χ3v) is 6.03. The number of methoxy groups -OCH3 is 1. The summed E-state index contributed by atoms with van der Waals surface area (Å²) in [7, 11) is 2.78. The Balaban J connectivity index is 1.55. The summed E-state index contributed by atoms with van der Waals surface area (Å²) >= 11 is 0. The number of esters is 1. The Labute approximate surface area is 213 Å². The molecule has 6 nitrogen and oxygen atoms in total. The van der Waals surface area contributed by atoms with Crippen molar-refractivity contribution in [3.63, 3.8) is 0 Å². The van der Waals surface area contributed by atoms with Crippen LogP contribution in [0, 0.1) is 11.8 Å². The van der Waals surface area contributed by atoms with Gasteiger partial charge in [0.2, 0.25) is 0 Å². The zero-order valence-electron chi connectivity index (χ0n) is 20.0. The Bertz CT molecular complexity index is 1340. The molecular formula is C27H22BF3N3O3. The first-order valence-electron chi connectivity index (χ1n) is 11.5. The van der Waals surface area contributed by atoms with E-state index in [2.05, 4.69) is 26.5 Å². The fourth-order valence-electron chi connectivity index (χ4n) is 3.98. The number of aromatic nitrogens is 2. The smallest absolute Gasteiger partial charge is 0.420 e. The molecule has 2 heterocycles. The van der Waals surface area contributed by atoms with Gasteiger partial charge >= 0.3 is 12.1 Å². The van der Waals surface area contributed by atoms with Crippen molar-refractivity contribution in [2.24, 2.45) is 0 Å². The highest BCUT2D eigenvalue weighted by Gasteiger charge is 2.35. The molecule has 0 spiro atoms. The number of hydrogen-bond acceptors (Lipinski definition) is 6. The van der Waals surface area contributed by atoms with Crippen molar-refractivity contribution in [1.29, 1.82) is 0 Å². The minimum atomic E-state index is -4.67. The first kappa shape index (κ1) is 26.1. The Kier molecular flexibility index (Phi) is 8.04. The maximum Gasteiger partial charge on any atom is 0.420 e. The molecule has 0 saturated carbocycles. The zero-order chi connectivity index (χ0) is 26.4. The molecule has 0 N–H and O–H groups in total. The van der Waals surface area contributed by atoms with Crippen molar-refractivity contribution < 1.29 is 27.5 Å². The molecule has 2 aromatic carbocycles. The average molecular weight is 504 g/mol. The predicted molar refractivity (Wildman–Crippen MR) is 131 cm³/mol. The van der Waals surface area contributed by atoms with Crippen LogP contribution in [0.15, 0.2) is 54.7 Å². The van der Waals surface area contributed by atoms with E-state index in [1.807, 2.05) is 29.1 Å². The molecule has 1 aromatic heterocycles. The average Bonchev–Trinajstić information content (AvgIpc) is 2.85. The highest BCUT2D eigenvalue weighted by Crippen LogP contribution is 2.31. The maximum absolute atomic E-state index is 13.6. The lowest BCUT2D eigenvalue weighted by Crippen LogP contribution is -2.47. The van der Waals surface area contributed by atoms with Crippen LogP contribution in [0.4, 0.5) is 13.2 Å². The summed E-state index contributed by atoms with van der Waals surface area (Å²) < 4.78 is 45.6. The first-order valence-corrected chi connectivity index (χ1v) is 11.5. The number of carbonyl (C=O) groups is 2. The second-order valence-electron chi connectivity index (χ2n) is 8.56. The van der Waals surface area contributed by atoms with Crippen LogP contribution in [0.25, 0.3) is 0 Å². The van der Waals surface area contributed by atoms with Crippen molar-refractivity contribution in [2.75, 3.05) is 20.2 Å². The van der Waals surface area contributed by atoms with Gasteiger partial charge in [0.1, 0.15) is 17.1 Å². The predicted octanol–water partition coefficient (Wildman–Crippen LogP) is 3.41. The molecule has 1 radical (unpaired) electrons. The van der Waals surface area contributed by atoms with Crippen LogP contribution in [0.2, 0.25) is 0 Å². The number of hydrogen-bond donors (Lipinski definition) is 0. The van der Waals surface area contributed by atoms with E-state index in [-0.39, 0.29) is 18.7 Å². The van der Waals surface area contributed by atoms with Gasteiger partial charge < -0.3 is 14.3 Å². The molecule has 3 aromatic rings. The Morgan fingerprint density at radius 3 is 2.57 bits per heavy atom. The van der Waals surface area contributed by atoms with E-state index in [4.69, 9.17) is 0 Å². The van der Waals surface area contributed by atoms with Crippen LogP contribution in [0.3, 0.4) is 0 Å². The van der Waals surface area contributed by atoms with Crippen LogP contribution in [-0.4, -0.2) is 54.5 Å². The van der Waals surface area contributed by atoms with Gasteiger partial charge in [-0.05, 0) is 41.8 Å². The number of rotatable bonds is 7.